The van der Waals surface area contributed by atoms with E-state index < -0.39 is 5.97 Å². The molecule has 0 fully saturated rings. The molecular weight excluding hydrogens is 272 g/mol. The molecule has 102 valence electrons. The van der Waals surface area contributed by atoms with Crippen LogP contribution >= 0.6 is 11.8 Å². The molecule has 0 spiro atoms. The Bertz CT molecular complexity index is 658. The number of aromatic nitrogens is 2. The Hall–Kier alpha value is -1.88. The number of thioether (sulfide) groups is 1. The SMILES string of the molecule is O=C(O)c1cncnc1CSc1ccc2c(c1)CCC2. The van der Waals surface area contributed by atoms with E-state index in [-0.39, 0.29) is 5.56 Å². The molecule has 0 aliphatic heterocycles. The van der Waals surface area contributed by atoms with Gasteiger partial charge in [-0.25, -0.2) is 14.8 Å². The van der Waals surface area contributed by atoms with Crippen LogP contribution < -0.4 is 0 Å². The van der Waals surface area contributed by atoms with E-state index in [1.54, 1.807) is 11.8 Å². The Morgan fingerprint density at radius 2 is 2.15 bits per heavy atom. The number of aromatic carboxylic acids is 1. The van der Waals surface area contributed by atoms with Crippen LogP contribution in [-0.4, -0.2) is 21.0 Å². The molecule has 0 bridgehead atoms. The van der Waals surface area contributed by atoms with Crippen molar-refractivity contribution in [3.8, 4) is 0 Å². The van der Waals surface area contributed by atoms with Crippen LogP contribution in [0, 0.1) is 0 Å². The fraction of sp³-hybridized carbons (Fsp3) is 0.267. The van der Waals surface area contributed by atoms with E-state index in [1.165, 1.54) is 41.4 Å². The molecule has 1 aromatic heterocycles. The number of aryl methyl sites for hydroxylation is 2. The Labute approximate surface area is 121 Å². The number of nitrogens with zero attached hydrogens (tertiary/aromatic N) is 2. The van der Waals surface area contributed by atoms with E-state index in [0.717, 1.165) is 6.42 Å². The average Bonchev–Trinajstić information content (AvgIpc) is 2.92. The molecule has 0 atom stereocenters. The van der Waals surface area contributed by atoms with Gasteiger partial charge in [0.15, 0.2) is 0 Å². The largest absolute Gasteiger partial charge is 0.478 e. The lowest BCUT2D eigenvalue weighted by molar-refractivity contribution is 0.0695. The minimum absolute atomic E-state index is 0.182. The standard InChI is InChI=1S/C15H14N2O2S/c18-15(19)13-7-16-9-17-14(13)8-20-12-5-4-10-2-1-3-11(10)6-12/h4-7,9H,1-3,8H2,(H,18,19). The summed E-state index contributed by atoms with van der Waals surface area (Å²) in [4.78, 5) is 20.1. The molecule has 0 saturated heterocycles. The lowest BCUT2D eigenvalue weighted by Crippen LogP contribution is -2.04. The first-order valence-corrected chi connectivity index (χ1v) is 7.49. The highest BCUT2D eigenvalue weighted by molar-refractivity contribution is 7.98. The predicted octanol–water partition coefficient (Wildman–Crippen LogP) is 2.96. The molecule has 5 heteroatoms. The van der Waals surface area contributed by atoms with Crippen LogP contribution in [0.15, 0.2) is 35.6 Å². The molecule has 1 aliphatic carbocycles. The molecular formula is C15H14N2O2S. The van der Waals surface area contributed by atoms with Gasteiger partial charge in [0.2, 0.25) is 0 Å². The van der Waals surface area contributed by atoms with Gasteiger partial charge in [0.1, 0.15) is 11.9 Å². The van der Waals surface area contributed by atoms with Gasteiger partial charge in [-0.1, -0.05) is 6.07 Å². The topological polar surface area (TPSA) is 63.1 Å². The van der Waals surface area contributed by atoms with Crippen LogP contribution in [0.1, 0.15) is 33.6 Å². The van der Waals surface area contributed by atoms with E-state index >= 15 is 0 Å². The second kappa shape index (κ2) is 5.63. The van der Waals surface area contributed by atoms with Crippen LogP contribution in [0.25, 0.3) is 0 Å². The highest BCUT2D eigenvalue weighted by atomic mass is 32.2. The summed E-state index contributed by atoms with van der Waals surface area (Å²) >= 11 is 1.62. The first-order valence-electron chi connectivity index (χ1n) is 6.51. The van der Waals surface area contributed by atoms with Gasteiger partial charge in [0, 0.05) is 16.8 Å². The lowest BCUT2D eigenvalue weighted by atomic mass is 10.1. The quantitative estimate of drug-likeness (QED) is 0.875. The number of carbonyl (C=O) groups is 1. The summed E-state index contributed by atoms with van der Waals surface area (Å²) in [5.74, 6) is -0.432. The maximum atomic E-state index is 11.1. The molecule has 1 heterocycles. The molecule has 1 aromatic carbocycles. The molecule has 1 N–H and O–H groups in total. The van der Waals surface area contributed by atoms with Gasteiger partial charge < -0.3 is 5.11 Å². The Balaban J connectivity index is 1.75. The second-order valence-corrected chi connectivity index (χ2v) is 5.81. The zero-order valence-electron chi connectivity index (χ0n) is 10.9. The minimum Gasteiger partial charge on any atom is -0.478 e. The summed E-state index contributed by atoms with van der Waals surface area (Å²) in [7, 11) is 0. The van der Waals surface area contributed by atoms with Crippen LogP contribution in [0.5, 0.6) is 0 Å². The number of rotatable bonds is 4. The highest BCUT2D eigenvalue weighted by Crippen LogP contribution is 2.29. The van der Waals surface area contributed by atoms with Crippen LogP contribution in [0.2, 0.25) is 0 Å². The van der Waals surface area contributed by atoms with Gasteiger partial charge in [-0.3, -0.25) is 0 Å². The van der Waals surface area contributed by atoms with E-state index in [4.69, 9.17) is 5.11 Å². The summed E-state index contributed by atoms with van der Waals surface area (Å²) < 4.78 is 0. The smallest absolute Gasteiger partial charge is 0.339 e. The Morgan fingerprint density at radius 3 is 3.00 bits per heavy atom. The molecule has 20 heavy (non-hydrogen) atoms. The van der Waals surface area contributed by atoms with Crippen molar-refractivity contribution < 1.29 is 9.90 Å². The molecule has 3 rings (SSSR count). The van der Waals surface area contributed by atoms with Crippen LogP contribution in [-0.2, 0) is 18.6 Å². The zero-order chi connectivity index (χ0) is 13.9. The van der Waals surface area contributed by atoms with Gasteiger partial charge in [0.25, 0.3) is 0 Å². The van der Waals surface area contributed by atoms with Gasteiger partial charge >= 0.3 is 5.97 Å². The summed E-state index contributed by atoms with van der Waals surface area (Å²) in [6, 6.07) is 6.51. The number of carboxylic acid groups (broad SMARTS) is 1. The van der Waals surface area contributed by atoms with Crippen molar-refractivity contribution in [1.82, 2.24) is 9.97 Å². The number of hydrogen-bond acceptors (Lipinski definition) is 4. The summed E-state index contributed by atoms with van der Waals surface area (Å²) in [5, 5.41) is 9.10. The monoisotopic (exact) mass is 286 g/mol. The third-order valence-electron chi connectivity index (χ3n) is 3.47. The van der Waals surface area contributed by atoms with Crippen molar-refractivity contribution >= 4 is 17.7 Å². The van der Waals surface area contributed by atoms with Gasteiger partial charge in [-0.05, 0) is 42.5 Å². The number of benzene rings is 1. The van der Waals surface area contributed by atoms with E-state index in [1.807, 2.05) is 0 Å². The highest BCUT2D eigenvalue weighted by Gasteiger charge is 2.13. The average molecular weight is 286 g/mol. The number of carboxylic acids is 1. The third-order valence-corrected chi connectivity index (χ3v) is 4.48. The summed E-state index contributed by atoms with van der Waals surface area (Å²) in [6.07, 6.45) is 6.31. The first-order chi connectivity index (χ1) is 9.74. The van der Waals surface area contributed by atoms with E-state index in [0.29, 0.717) is 11.4 Å². The molecule has 4 nitrogen and oxygen atoms in total. The summed E-state index contributed by atoms with van der Waals surface area (Å²) in [5.41, 5.74) is 3.62. The molecule has 0 saturated carbocycles. The first kappa shape index (κ1) is 13.1. The van der Waals surface area contributed by atoms with Crippen LogP contribution in [0.4, 0.5) is 0 Å². The normalized spacial score (nSPS) is 13.2. The molecule has 0 amide bonds. The van der Waals surface area contributed by atoms with Crippen molar-refractivity contribution in [2.45, 2.75) is 29.9 Å². The Kier molecular flexibility index (Phi) is 3.69. The van der Waals surface area contributed by atoms with Crippen molar-refractivity contribution in [3.63, 3.8) is 0 Å². The number of fused-ring (bicyclic) bond motifs is 1. The third kappa shape index (κ3) is 2.67. The second-order valence-electron chi connectivity index (χ2n) is 4.76. The van der Waals surface area contributed by atoms with Gasteiger partial charge in [-0.15, -0.1) is 11.8 Å². The lowest BCUT2D eigenvalue weighted by Gasteiger charge is -2.06. The van der Waals surface area contributed by atoms with E-state index in [9.17, 15) is 4.79 Å². The maximum Gasteiger partial charge on any atom is 0.339 e. The predicted molar refractivity (Wildman–Crippen MR) is 77.0 cm³/mol. The van der Waals surface area contributed by atoms with E-state index in [2.05, 4.69) is 28.2 Å². The number of hydrogen-bond donors (Lipinski definition) is 1. The summed E-state index contributed by atoms with van der Waals surface area (Å²) in [6.45, 7) is 0. The van der Waals surface area contributed by atoms with Crippen molar-refractivity contribution in [2.24, 2.45) is 0 Å². The van der Waals surface area contributed by atoms with Gasteiger partial charge in [-0.2, -0.15) is 0 Å². The van der Waals surface area contributed by atoms with Crippen LogP contribution in [0.3, 0.4) is 0 Å². The fourth-order valence-electron chi connectivity index (χ4n) is 2.44. The minimum atomic E-state index is -0.977. The zero-order valence-corrected chi connectivity index (χ0v) is 11.7. The van der Waals surface area contributed by atoms with Crippen molar-refractivity contribution in [3.05, 3.63) is 53.1 Å². The molecule has 2 aromatic rings. The molecule has 1 aliphatic rings. The fourth-order valence-corrected chi connectivity index (χ4v) is 3.36. The van der Waals surface area contributed by atoms with Crippen molar-refractivity contribution in [2.75, 3.05) is 0 Å². The maximum absolute atomic E-state index is 11.1. The molecule has 0 unspecified atom stereocenters. The Morgan fingerprint density at radius 1 is 1.30 bits per heavy atom. The van der Waals surface area contributed by atoms with Crippen molar-refractivity contribution in [1.29, 1.82) is 0 Å². The molecule has 0 radical (unpaired) electrons. The van der Waals surface area contributed by atoms with Gasteiger partial charge in [0.05, 0.1) is 5.69 Å².